The zero-order valence-electron chi connectivity index (χ0n) is 12.7. The third-order valence-electron chi connectivity index (χ3n) is 4.44. The van der Waals surface area contributed by atoms with Crippen LogP contribution in [0.15, 0.2) is 0 Å². The van der Waals surface area contributed by atoms with Gasteiger partial charge in [-0.1, -0.05) is 0 Å². The summed E-state index contributed by atoms with van der Waals surface area (Å²) in [4.78, 5) is 11.3. The first-order valence-electron chi connectivity index (χ1n) is 6.68. The molecule has 1 heterocycles. The molecule has 124 valence electrons. The lowest BCUT2D eigenvalue weighted by Gasteiger charge is -2.39. The molecule has 0 amide bonds. The van der Waals surface area contributed by atoms with Gasteiger partial charge in [0.25, 0.3) is 0 Å². The summed E-state index contributed by atoms with van der Waals surface area (Å²) in [5, 5.41) is 8.44. The summed E-state index contributed by atoms with van der Waals surface area (Å²) in [5.41, 5.74) is -2.51. The lowest BCUT2D eigenvalue weighted by molar-refractivity contribution is -0.150. The van der Waals surface area contributed by atoms with Crippen molar-refractivity contribution in [1.29, 1.82) is 0 Å². The summed E-state index contributed by atoms with van der Waals surface area (Å²) in [6.07, 6.45) is 0.0858. The molecule has 1 fully saturated rings. The number of nitrogens with one attached hydrogen (secondary N) is 1. The molecule has 0 spiro atoms. The van der Waals surface area contributed by atoms with Gasteiger partial charge in [0.05, 0.1) is 22.2 Å². The van der Waals surface area contributed by atoms with Crippen LogP contribution in [0.3, 0.4) is 0 Å². The molecule has 1 saturated heterocycles. The van der Waals surface area contributed by atoms with E-state index in [1.165, 1.54) is 27.7 Å². The number of rotatable bonds is 5. The maximum Gasteiger partial charge on any atom is 0.310 e. The minimum atomic E-state index is -3.79. The molecule has 21 heavy (non-hydrogen) atoms. The van der Waals surface area contributed by atoms with Crippen molar-refractivity contribution < 1.29 is 26.7 Å². The molecule has 0 atom stereocenters. The number of sulfonamides is 1. The van der Waals surface area contributed by atoms with Gasteiger partial charge in [-0.3, -0.25) is 4.79 Å². The summed E-state index contributed by atoms with van der Waals surface area (Å²) in [6, 6.07) is 0. The van der Waals surface area contributed by atoms with E-state index in [0.717, 1.165) is 0 Å². The Hall–Kier alpha value is -0.670. The van der Waals surface area contributed by atoms with Crippen LogP contribution in [0, 0.1) is 5.41 Å². The standard InChI is InChI=1S/C12H23NO6S2/c1-11(2,10(14)15)12(3,4)13-21(18,19)9-5-7-20(16,17)8-6-9/h9,13H,5-8H2,1-4H3,(H,14,15). The summed E-state index contributed by atoms with van der Waals surface area (Å²) in [6.45, 7) is 5.92. The minimum absolute atomic E-state index is 0.0429. The minimum Gasteiger partial charge on any atom is -0.481 e. The van der Waals surface area contributed by atoms with Crippen LogP contribution < -0.4 is 4.72 Å². The highest BCUT2D eigenvalue weighted by molar-refractivity contribution is 7.92. The van der Waals surface area contributed by atoms with Gasteiger partial charge in [-0.2, -0.15) is 0 Å². The SMILES string of the molecule is CC(C)(NS(=O)(=O)C1CCS(=O)(=O)CC1)C(C)(C)C(=O)O. The number of carboxylic acid groups (broad SMARTS) is 1. The highest BCUT2D eigenvalue weighted by atomic mass is 32.2. The highest BCUT2D eigenvalue weighted by Gasteiger charge is 2.47. The summed E-state index contributed by atoms with van der Waals surface area (Å²) in [5.74, 6) is -1.41. The number of hydrogen-bond donors (Lipinski definition) is 2. The lowest BCUT2D eigenvalue weighted by Crippen LogP contribution is -2.58. The Kier molecular flexibility index (Phi) is 4.82. The molecule has 1 rings (SSSR count). The number of carbonyl (C=O) groups is 1. The van der Waals surface area contributed by atoms with Crippen LogP contribution in [0.25, 0.3) is 0 Å². The second-order valence-electron chi connectivity index (χ2n) is 6.55. The quantitative estimate of drug-likeness (QED) is 0.746. The van der Waals surface area contributed by atoms with Crippen molar-refractivity contribution in [2.75, 3.05) is 11.5 Å². The Balaban J connectivity index is 2.93. The first kappa shape index (κ1) is 18.4. The van der Waals surface area contributed by atoms with Crippen LogP contribution in [0.2, 0.25) is 0 Å². The Labute approximate surface area is 126 Å². The van der Waals surface area contributed by atoms with Gasteiger partial charge < -0.3 is 5.11 Å². The summed E-state index contributed by atoms with van der Waals surface area (Å²) in [7, 11) is -6.93. The van der Waals surface area contributed by atoms with E-state index in [0.29, 0.717) is 0 Å². The first-order valence-corrected chi connectivity index (χ1v) is 10.0. The van der Waals surface area contributed by atoms with E-state index in [-0.39, 0.29) is 24.3 Å². The van der Waals surface area contributed by atoms with E-state index in [1.807, 2.05) is 0 Å². The normalized spacial score (nSPS) is 21.1. The first-order chi connectivity index (χ1) is 9.21. The van der Waals surface area contributed by atoms with Gasteiger partial charge in [0.2, 0.25) is 10.0 Å². The zero-order chi connectivity index (χ0) is 16.7. The van der Waals surface area contributed by atoms with Gasteiger partial charge in [-0.15, -0.1) is 0 Å². The molecule has 0 aromatic heterocycles. The maximum atomic E-state index is 12.4. The van der Waals surface area contributed by atoms with Crippen LogP contribution in [-0.2, 0) is 24.7 Å². The van der Waals surface area contributed by atoms with Crippen LogP contribution in [0.1, 0.15) is 40.5 Å². The maximum absolute atomic E-state index is 12.4. The van der Waals surface area contributed by atoms with E-state index in [2.05, 4.69) is 4.72 Å². The fourth-order valence-electron chi connectivity index (χ4n) is 2.01. The van der Waals surface area contributed by atoms with Crippen molar-refractivity contribution in [1.82, 2.24) is 4.72 Å². The Morgan fingerprint density at radius 1 is 1.14 bits per heavy atom. The molecule has 1 aliphatic rings. The van der Waals surface area contributed by atoms with Crippen molar-refractivity contribution >= 4 is 25.8 Å². The molecule has 0 unspecified atom stereocenters. The molecular formula is C12H23NO6S2. The van der Waals surface area contributed by atoms with E-state index >= 15 is 0 Å². The average molecular weight is 341 g/mol. The van der Waals surface area contributed by atoms with Crippen LogP contribution in [-0.4, -0.2) is 50.2 Å². The molecule has 2 N–H and O–H groups in total. The van der Waals surface area contributed by atoms with Gasteiger partial charge in [0.1, 0.15) is 9.84 Å². The van der Waals surface area contributed by atoms with Crippen molar-refractivity contribution in [2.24, 2.45) is 5.41 Å². The number of sulfone groups is 1. The van der Waals surface area contributed by atoms with Crippen molar-refractivity contribution in [3.63, 3.8) is 0 Å². The van der Waals surface area contributed by atoms with Gasteiger partial charge in [0.15, 0.2) is 0 Å². The second-order valence-corrected chi connectivity index (χ2v) is 10.8. The second kappa shape index (κ2) is 5.51. The summed E-state index contributed by atoms with van der Waals surface area (Å²) >= 11 is 0. The number of aliphatic carboxylic acids is 1. The summed E-state index contributed by atoms with van der Waals surface area (Å²) < 4.78 is 49.9. The number of hydrogen-bond acceptors (Lipinski definition) is 5. The zero-order valence-corrected chi connectivity index (χ0v) is 14.3. The van der Waals surface area contributed by atoms with Crippen molar-refractivity contribution in [2.45, 2.75) is 51.3 Å². The molecule has 0 aromatic carbocycles. The smallest absolute Gasteiger partial charge is 0.310 e. The van der Waals surface area contributed by atoms with Gasteiger partial charge in [-0.25, -0.2) is 21.6 Å². The molecule has 9 heteroatoms. The van der Waals surface area contributed by atoms with Gasteiger partial charge in [-0.05, 0) is 40.5 Å². The van der Waals surface area contributed by atoms with E-state index in [9.17, 15) is 26.7 Å². The molecule has 0 bridgehead atoms. The largest absolute Gasteiger partial charge is 0.481 e. The van der Waals surface area contributed by atoms with Crippen LogP contribution >= 0.6 is 0 Å². The van der Waals surface area contributed by atoms with Crippen molar-refractivity contribution in [3.05, 3.63) is 0 Å². The molecule has 0 aliphatic carbocycles. The molecule has 7 nitrogen and oxygen atoms in total. The third kappa shape index (κ3) is 3.95. The van der Waals surface area contributed by atoms with E-state index < -0.39 is 42.0 Å². The van der Waals surface area contributed by atoms with Crippen molar-refractivity contribution in [3.8, 4) is 0 Å². The highest BCUT2D eigenvalue weighted by Crippen LogP contribution is 2.32. The van der Waals surface area contributed by atoms with Gasteiger partial charge in [0, 0.05) is 5.54 Å². The van der Waals surface area contributed by atoms with E-state index in [1.54, 1.807) is 0 Å². The monoisotopic (exact) mass is 341 g/mol. The number of carboxylic acids is 1. The molecule has 0 aromatic rings. The Morgan fingerprint density at radius 2 is 1.57 bits per heavy atom. The predicted molar refractivity (Wildman–Crippen MR) is 79.2 cm³/mol. The topological polar surface area (TPSA) is 118 Å². The fraction of sp³-hybridized carbons (Fsp3) is 0.917. The predicted octanol–water partition coefficient (Wildman–Crippen LogP) is 0.372. The van der Waals surface area contributed by atoms with E-state index in [4.69, 9.17) is 0 Å². The Bertz CT molecular complexity index is 604. The van der Waals surface area contributed by atoms with Crippen LogP contribution in [0.4, 0.5) is 0 Å². The molecule has 0 radical (unpaired) electrons. The molecular weight excluding hydrogens is 318 g/mol. The average Bonchev–Trinajstić information content (AvgIpc) is 2.26. The van der Waals surface area contributed by atoms with Gasteiger partial charge >= 0.3 is 5.97 Å². The van der Waals surface area contributed by atoms with Crippen LogP contribution in [0.5, 0.6) is 0 Å². The fourth-order valence-corrected chi connectivity index (χ4v) is 5.79. The molecule has 0 saturated carbocycles. The molecule has 1 aliphatic heterocycles. The third-order valence-corrected chi connectivity index (χ3v) is 8.29. The lowest BCUT2D eigenvalue weighted by atomic mass is 9.75. The Morgan fingerprint density at radius 3 is 1.95 bits per heavy atom.